The minimum atomic E-state index is -0.961. The van der Waals surface area contributed by atoms with Crippen LogP contribution in [-0.4, -0.2) is 48.5 Å². The number of esters is 5. The molecule has 12 heteroatoms. The SMILES string of the molecule is COC(=O)c1c(OC(C)=O)cc2c(c1C)C(=O)c1c(OC(C)=O)c(OC(C)=O)cc(OC(C)=O)c1C2=O. The molecule has 2 aromatic rings. The molecule has 1 aliphatic rings. The molecule has 0 atom stereocenters. The van der Waals surface area contributed by atoms with E-state index >= 15 is 0 Å². The molecule has 0 saturated carbocycles. The minimum absolute atomic E-state index is 0.0784. The monoisotopic (exact) mass is 512 g/mol. The van der Waals surface area contributed by atoms with Gasteiger partial charge in [0.2, 0.25) is 0 Å². The fraction of sp³-hybridized carbons (Fsp3) is 0.240. The zero-order chi connectivity index (χ0) is 27.8. The first-order valence-corrected chi connectivity index (χ1v) is 10.6. The van der Waals surface area contributed by atoms with E-state index in [2.05, 4.69) is 0 Å². The second-order valence-electron chi connectivity index (χ2n) is 7.77. The molecule has 192 valence electrons. The molecule has 0 heterocycles. The number of carbonyl (C=O) groups excluding carboxylic acids is 7. The molecule has 0 aromatic heterocycles. The summed E-state index contributed by atoms with van der Waals surface area (Å²) in [6.45, 7) is 5.47. The van der Waals surface area contributed by atoms with Crippen LogP contribution in [0, 0.1) is 6.92 Å². The zero-order valence-corrected chi connectivity index (χ0v) is 20.6. The Kier molecular flexibility index (Phi) is 7.23. The summed E-state index contributed by atoms with van der Waals surface area (Å²) in [7, 11) is 1.07. The van der Waals surface area contributed by atoms with Crippen molar-refractivity contribution in [1.82, 2.24) is 0 Å². The molecule has 2 aromatic carbocycles. The van der Waals surface area contributed by atoms with Crippen LogP contribution in [0.4, 0.5) is 0 Å². The van der Waals surface area contributed by atoms with Gasteiger partial charge in [-0.05, 0) is 18.6 Å². The first-order chi connectivity index (χ1) is 17.3. The average molecular weight is 512 g/mol. The molecule has 3 rings (SSSR count). The van der Waals surface area contributed by atoms with Crippen LogP contribution >= 0.6 is 0 Å². The molecular formula is C25H20O12. The summed E-state index contributed by atoms with van der Waals surface area (Å²) in [6, 6.07) is 1.97. The van der Waals surface area contributed by atoms with Gasteiger partial charge in [0.05, 0.1) is 18.2 Å². The lowest BCUT2D eigenvalue weighted by Crippen LogP contribution is -2.27. The van der Waals surface area contributed by atoms with E-state index in [1.165, 1.54) is 6.92 Å². The van der Waals surface area contributed by atoms with Crippen molar-refractivity contribution in [3.63, 3.8) is 0 Å². The van der Waals surface area contributed by atoms with E-state index < -0.39 is 69.8 Å². The van der Waals surface area contributed by atoms with E-state index in [4.69, 9.17) is 23.7 Å². The maximum Gasteiger partial charge on any atom is 0.341 e. The number of hydrogen-bond donors (Lipinski definition) is 0. The molecular weight excluding hydrogens is 492 g/mol. The summed E-state index contributed by atoms with van der Waals surface area (Å²) >= 11 is 0. The quantitative estimate of drug-likeness (QED) is 0.362. The summed E-state index contributed by atoms with van der Waals surface area (Å²) in [5, 5.41) is 0. The van der Waals surface area contributed by atoms with Gasteiger partial charge in [-0.25, -0.2) is 4.79 Å². The molecule has 0 aliphatic heterocycles. The van der Waals surface area contributed by atoms with Gasteiger partial charge < -0.3 is 23.7 Å². The molecule has 0 radical (unpaired) electrons. The Morgan fingerprint density at radius 1 is 0.622 bits per heavy atom. The molecule has 0 unspecified atom stereocenters. The summed E-state index contributed by atoms with van der Waals surface area (Å²) in [5.41, 5.74) is -1.98. The molecule has 0 N–H and O–H groups in total. The van der Waals surface area contributed by atoms with E-state index in [0.717, 1.165) is 46.9 Å². The highest BCUT2D eigenvalue weighted by atomic mass is 16.6. The smallest absolute Gasteiger partial charge is 0.341 e. The summed E-state index contributed by atoms with van der Waals surface area (Å²) in [6.07, 6.45) is 0. The van der Waals surface area contributed by atoms with Gasteiger partial charge in [0.25, 0.3) is 0 Å². The lowest BCUT2D eigenvalue weighted by Gasteiger charge is -2.25. The average Bonchev–Trinajstić information content (AvgIpc) is 2.76. The molecule has 0 spiro atoms. The second kappa shape index (κ2) is 10.0. The topological polar surface area (TPSA) is 166 Å². The minimum Gasteiger partial charge on any atom is -0.465 e. The first-order valence-electron chi connectivity index (χ1n) is 10.6. The molecule has 12 nitrogen and oxygen atoms in total. The predicted octanol–water partition coefficient (Wildman–Crippen LogP) is 2.26. The second-order valence-corrected chi connectivity index (χ2v) is 7.77. The maximum absolute atomic E-state index is 13.9. The highest BCUT2D eigenvalue weighted by Crippen LogP contribution is 2.46. The number of carbonyl (C=O) groups is 7. The van der Waals surface area contributed by atoms with Crippen LogP contribution in [0.25, 0.3) is 0 Å². The summed E-state index contributed by atoms with van der Waals surface area (Å²) < 4.78 is 25.2. The van der Waals surface area contributed by atoms with Crippen LogP contribution in [0.15, 0.2) is 12.1 Å². The highest BCUT2D eigenvalue weighted by molar-refractivity contribution is 6.32. The highest BCUT2D eigenvalue weighted by Gasteiger charge is 2.41. The fourth-order valence-corrected chi connectivity index (χ4v) is 3.88. The van der Waals surface area contributed by atoms with Gasteiger partial charge in [-0.2, -0.15) is 0 Å². The van der Waals surface area contributed by atoms with Crippen LogP contribution in [-0.2, 0) is 23.9 Å². The number of ketones is 2. The van der Waals surface area contributed by atoms with Crippen molar-refractivity contribution in [2.24, 2.45) is 0 Å². The van der Waals surface area contributed by atoms with Crippen molar-refractivity contribution < 1.29 is 57.2 Å². The van der Waals surface area contributed by atoms with Crippen molar-refractivity contribution >= 4 is 41.4 Å². The third kappa shape index (κ3) is 4.94. The molecule has 1 aliphatic carbocycles. The van der Waals surface area contributed by atoms with Gasteiger partial charge in [0.15, 0.2) is 23.1 Å². The van der Waals surface area contributed by atoms with Crippen LogP contribution in [0.5, 0.6) is 23.0 Å². The Labute approximate surface area is 209 Å². The zero-order valence-electron chi connectivity index (χ0n) is 20.6. The largest absolute Gasteiger partial charge is 0.465 e. The van der Waals surface area contributed by atoms with E-state index in [-0.39, 0.29) is 28.0 Å². The Morgan fingerprint density at radius 2 is 1.14 bits per heavy atom. The number of methoxy groups -OCH3 is 1. The van der Waals surface area contributed by atoms with Gasteiger partial charge in [0, 0.05) is 44.9 Å². The van der Waals surface area contributed by atoms with Crippen molar-refractivity contribution in [1.29, 1.82) is 0 Å². The van der Waals surface area contributed by atoms with Gasteiger partial charge in [0.1, 0.15) is 17.1 Å². The predicted molar refractivity (Wildman–Crippen MR) is 121 cm³/mol. The van der Waals surface area contributed by atoms with Gasteiger partial charge in [-0.15, -0.1) is 0 Å². The van der Waals surface area contributed by atoms with Crippen LogP contribution < -0.4 is 18.9 Å². The van der Waals surface area contributed by atoms with Crippen LogP contribution in [0.3, 0.4) is 0 Å². The summed E-state index contributed by atoms with van der Waals surface area (Å²) in [5.74, 6) is -8.10. The Hall–Kier alpha value is -4.87. The number of hydrogen-bond acceptors (Lipinski definition) is 12. The van der Waals surface area contributed by atoms with Crippen LogP contribution in [0.2, 0.25) is 0 Å². The number of benzene rings is 2. The fourth-order valence-electron chi connectivity index (χ4n) is 3.88. The van der Waals surface area contributed by atoms with Crippen molar-refractivity contribution in [2.75, 3.05) is 7.11 Å². The molecule has 0 saturated heterocycles. The van der Waals surface area contributed by atoms with E-state index in [9.17, 15) is 33.6 Å². The van der Waals surface area contributed by atoms with Crippen molar-refractivity contribution in [3.05, 3.63) is 45.5 Å². The normalized spacial score (nSPS) is 11.6. The van der Waals surface area contributed by atoms with E-state index in [1.807, 2.05) is 0 Å². The lowest BCUT2D eigenvalue weighted by molar-refractivity contribution is -0.134. The lowest BCUT2D eigenvalue weighted by atomic mass is 9.79. The number of rotatable bonds is 5. The molecule has 0 fully saturated rings. The Balaban J connectivity index is 2.48. The number of fused-ring (bicyclic) bond motifs is 2. The Bertz CT molecular complexity index is 1430. The van der Waals surface area contributed by atoms with Gasteiger partial charge >= 0.3 is 29.8 Å². The third-order valence-electron chi connectivity index (χ3n) is 5.07. The van der Waals surface area contributed by atoms with Crippen LogP contribution in [0.1, 0.15) is 75.5 Å². The van der Waals surface area contributed by atoms with E-state index in [1.54, 1.807) is 0 Å². The van der Waals surface area contributed by atoms with E-state index in [0.29, 0.717) is 0 Å². The van der Waals surface area contributed by atoms with Gasteiger partial charge in [-0.3, -0.25) is 28.8 Å². The molecule has 37 heavy (non-hydrogen) atoms. The molecule has 0 bridgehead atoms. The van der Waals surface area contributed by atoms with Crippen molar-refractivity contribution in [3.8, 4) is 23.0 Å². The van der Waals surface area contributed by atoms with Gasteiger partial charge in [-0.1, -0.05) is 0 Å². The molecule has 0 amide bonds. The van der Waals surface area contributed by atoms with Crippen molar-refractivity contribution in [2.45, 2.75) is 34.6 Å². The third-order valence-corrected chi connectivity index (χ3v) is 5.07. The summed E-state index contributed by atoms with van der Waals surface area (Å²) in [4.78, 5) is 87.2. The maximum atomic E-state index is 13.9. The number of ether oxygens (including phenoxy) is 5. The first kappa shape index (κ1) is 26.7. The standard InChI is InChI=1S/C25H20O12/c1-9-18-14(7-15(34-10(2)26)19(9)25(32)33-6)22(30)20-16(35-11(3)27)8-17(36-12(4)28)24(37-13(5)29)21(20)23(18)31/h7-8H,1-6H3. The Morgan fingerprint density at radius 3 is 1.65 bits per heavy atom.